The summed E-state index contributed by atoms with van der Waals surface area (Å²) in [5, 5.41) is 0.844. The molecular weight excluding hydrogens is 278 g/mol. The molecule has 0 saturated heterocycles. The van der Waals surface area contributed by atoms with Crippen LogP contribution in [0.3, 0.4) is 0 Å². The van der Waals surface area contributed by atoms with Crippen molar-refractivity contribution in [1.29, 1.82) is 0 Å². The second kappa shape index (κ2) is 3.72. The van der Waals surface area contributed by atoms with Gasteiger partial charge < -0.3 is 4.90 Å². The standard InChI is InChI=1S/C14H22BrNO/c1-14(2,7-15)16(3)13(17)12-10-8-4-5-9(6-8)11(10)12/h8-12H,4-7H2,1-3H3. The number of hydrogen-bond donors (Lipinski definition) is 0. The van der Waals surface area contributed by atoms with E-state index in [1.807, 2.05) is 11.9 Å². The van der Waals surface area contributed by atoms with Crippen molar-refractivity contribution in [1.82, 2.24) is 4.90 Å². The molecule has 3 rings (SSSR count). The Bertz CT molecular complexity index is 338. The molecule has 3 aliphatic carbocycles. The molecule has 1 amide bonds. The molecule has 0 radical (unpaired) electrons. The van der Waals surface area contributed by atoms with Gasteiger partial charge in [0.05, 0.1) is 0 Å². The fourth-order valence-electron chi connectivity index (χ4n) is 4.27. The highest BCUT2D eigenvalue weighted by Gasteiger charge is 2.68. The molecule has 2 nitrogen and oxygen atoms in total. The van der Waals surface area contributed by atoms with Crippen LogP contribution in [0.4, 0.5) is 0 Å². The van der Waals surface area contributed by atoms with Crippen molar-refractivity contribution in [2.24, 2.45) is 29.6 Å². The van der Waals surface area contributed by atoms with Crippen molar-refractivity contribution < 1.29 is 4.79 Å². The third-order valence-corrected chi connectivity index (χ3v) is 6.96. The van der Waals surface area contributed by atoms with Crippen molar-refractivity contribution in [3.05, 3.63) is 0 Å². The van der Waals surface area contributed by atoms with E-state index in [2.05, 4.69) is 29.8 Å². The number of hydrogen-bond acceptors (Lipinski definition) is 1. The largest absolute Gasteiger partial charge is 0.340 e. The van der Waals surface area contributed by atoms with Crippen LogP contribution in [-0.2, 0) is 4.79 Å². The third kappa shape index (κ3) is 1.61. The molecule has 0 N–H and O–H groups in total. The smallest absolute Gasteiger partial charge is 0.226 e. The molecule has 96 valence electrons. The van der Waals surface area contributed by atoms with Gasteiger partial charge in [-0.1, -0.05) is 15.9 Å². The first kappa shape index (κ1) is 12.0. The molecule has 0 aromatic rings. The third-order valence-electron chi connectivity index (χ3n) is 5.59. The van der Waals surface area contributed by atoms with Crippen LogP contribution in [0.15, 0.2) is 0 Å². The number of carbonyl (C=O) groups is 1. The Morgan fingerprint density at radius 2 is 1.82 bits per heavy atom. The van der Waals surface area contributed by atoms with Gasteiger partial charge in [0, 0.05) is 23.8 Å². The quantitative estimate of drug-likeness (QED) is 0.734. The molecule has 0 aromatic heterocycles. The van der Waals surface area contributed by atoms with Gasteiger partial charge >= 0.3 is 0 Å². The number of nitrogens with zero attached hydrogens (tertiary/aromatic N) is 1. The summed E-state index contributed by atoms with van der Waals surface area (Å²) in [5.41, 5.74) is -0.0625. The minimum absolute atomic E-state index is 0.0625. The number of fused-ring (bicyclic) bond motifs is 5. The van der Waals surface area contributed by atoms with E-state index in [4.69, 9.17) is 0 Å². The molecule has 0 aromatic carbocycles. The van der Waals surface area contributed by atoms with Crippen LogP contribution in [0.25, 0.3) is 0 Å². The van der Waals surface area contributed by atoms with E-state index >= 15 is 0 Å². The van der Waals surface area contributed by atoms with Crippen LogP contribution >= 0.6 is 15.9 Å². The fraction of sp³-hybridized carbons (Fsp3) is 0.929. The molecule has 4 atom stereocenters. The second-order valence-electron chi connectivity index (χ2n) is 6.86. The van der Waals surface area contributed by atoms with E-state index in [0.717, 1.165) is 29.0 Å². The zero-order chi connectivity index (χ0) is 12.4. The zero-order valence-electron chi connectivity index (χ0n) is 10.9. The van der Waals surface area contributed by atoms with Crippen molar-refractivity contribution in [2.45, 2.75) is 38.6 Å². The van der Waals surface area contributed by atoms with Gasteiger partial charge in [-0.2, -0.15) is 0 Å². The van der Waals surface area contributed by atoms with E-state index in [0.29, 0.717) is 11.8 Å². The van der Waals surface area contributed by atoms with E-state index in [-0.39, 0.29) is 5.54 Å². The lowest BCUT2D eigenvalue weighted by atomic mass is 9.99. The van der Waals surface area contributed by atoms with Crippen molar-refractivity contribution in [3.8, 4) is 0 Å². The molecule has 0 heterocycles. The molecule has 4 unspecified atom stereocenters. The minimum atomic E-state index is -0.0625. The SMILES string of the molecule is CN(C(=O)C1C2C3CCC(C3)C12)C(C)(C)CBr. The molecule has 3 heteroatoms. The average molecular weight is 300 g/mol. The summed E-state index contributed by atoms with van der Waals surface area (Å²) in [5.74, 6) is 4.08. The summed E-state index contributed by atoms with van der Waals surface area (Å²) in [4.78, 5) is 14.5. The molecule has 0 aliphatic heterocycles. The maximum Gasteiger partial charge on any atom is 0.226 e. The lowest BCUT2D eigenvalue weighted by Gasteiger charge is -2.35. The number of amides is 1. The minimum Gasteiger partial charge on any atom is -0.340 e. The van der Waals surface area contributed by atoms with Gasteiger partial charge in [-0.05, 0) is 56.8 Å². The van der Waals surface area contributed by atoms with Crippen LogP contribution in [0, 0.1) is 29.6 Å². The molecule has 0 spiro atoms. The Kier molecular flexibility index (Phi) is 2.63. The summed E-state index contributed by atoms with van der Waals surface area (Å²) >= 11 is 3.51. The summed E-state index contributed by atoms with van der Waals surface area (Å²) in [7, 11) is 1.97. The Morgan fingerprint density at radius 3 is 2.29 bits per heavy atom. The van der Waals surface area contributed by atoms with Crippen LogP contribution in [0.5, 0.6) is 0 Å². The molecular formula is C14H22BrNO. The van der Waals surface area contributed by atoms with Crippen LogP contribution in [0.2, 0.25) is 0 Å². The highest BCUT2D eigenvalue weighted by molar-refractivity contribution is 9.09. The van der Waals surface area contributed by atoms with Crippen LogP contribution < -0.4 is 0 Å². The topological polar surface area (TPSA) is 20.3 Å². The predicted molar refractivity (Wildman–Crippen MR) is 71.9 cm³/mol. The summed E-state index contributed by atoms with van der Waals surface area (Å²) in [6.45, 7) is 4.26. The first-order valence-electron chi connectivity index (χ1n) is 6.81. The number of rotatable bonds is 3. The van der Waals surface area contributed by atoms with Gasteiger partial charge in [0.25, 0.3) is 0 Å². The van der Waals surface area contributed by atoms with Crippen molar-refractivity contribution in [3.63, 3.8) is 0 Å². The maximum absolute atomic E-state index is 12.5. The van der Waals surface area contributed by atoms with Crippen LogP contribution in [0.1, 0.15) is 33.1 Å². The predicted octanol–water partition coefficient (Wildman–Crippen LogP) is 2.91. The number of halogens is 1. The molecule has 3 fully saturated rings. The molecule has 3 saturated carbocycles. The first-order chi connectivity index (χ1) is 7.97. The number of alkyl halides is 1. The lowest BCUT2D eigenvalue weighted by molar-refractivity contribution is -0.136. The van der Waals surface area contributed by atoms with Crippen molar-refractivity contribution in [2.75, 3.05) is 12.4 Å². The van der Waals surface area contributed by atoms with Gasteiger partial charge in [-0.25, -0.2) is 0 Å². The van der Waals surface area contributed by atoms with E-state index in [1.165, 1.54) is 19.3 Å². The fourth-order valence-corrected chi connectivity index (χ4v) is 4.64. The monoisotopic (exact) mass is 299 g/mol. The molecule has 17 heavy (non-hydrogen) atoms. The molecule has 3 aliphatic rings. The Labute approximate surface area is 112 Å². The second-order valence-corrected chi connectivity index (χ2v) is 7.42. The first-order valence-corrected chi connectivity index (χ1v) is 7.93. The summed E-state index contributed by atoms with van der Waals surface area (Å²) in [6, 6.07) is 0. The van der Waals surface area contributed by atoms with Gasteiger partial charge in [-0.15, -0.1) is 0 Å². The Balaban J connectivity index is 1.70. The maximum atomic E-state index is 12.5. The van der Waals surface area contributed by atoms with E-state index in [1.54, 1.807) is 0 Å². The van der Waals surface area contributed by atoms with Crippen LogP contribution in [-0.4, -0.2) is 28.7 Å². The van der Waals surface area contributed by atoms with Gasteiger partial charge in [-0.3, -0.25) is 4.79 Å². The average Bonchev–Trinajstić information content (AvgIpc) is 2.75. The highest BCUT2D eigenvalue weighted by Crippen LogP contribution is 2.69. The Hall–Kier alpha value is -0.0500. The summed E-state index contributed by atoms with van der Waals surface area (Å²) < 4.78 is 0. The lowest BCUT2D eigenvalue weighted by Crippen LogP contribution is -2.47. The van der Waals surface area contributed by atoms with Gasteiger partial charge in [0.1, 0.15) is 0 Å². The van der Waals surface area contributed by atoms with E-state index in [9.17, 15) is 4.79 Å². The molecule has 2 bridgehead atoms. The number of carbonyl (C=O) groups excluding carboxylic acids is 1. The Morgan fingerprint density at radius 1 is 1.29 bits per heavy atom. The zero-order valence-corrected chi connectivity index (χ0v) is 12.5. The van der Waals surface area contributed by atoms with Crippen molar-refractivity contribution >= 4 is 21.8 Å². The van der Waals surface area contributed by atoms with Gasteiger partial charge in [0.15, 0.2) is 0 Å². The van der Waals surface area contributed by atoms with E-state index < -0.39 is 0 Å². The summed E-state index contributed by atoms with van der Waals surface area (Å²) in [6.07, 6.45) is 4.20. The normalized spacial score (nSPS) is 42.5. The highest BCUT2D eigenvalue weighted by atomic mass is 79.9. The van der Waals surface area contributed by atoms with Gasteiger partial charge in [0.2, 0.25) is 5.91 Å².